The lowest BCUT2D eigenvalue weighted by atomic mass is 10.2. The summed E-state index contributed by atoms with van der Waals surface area (Å²) in [7, 11) is 1.41. The third kappa shape index (κ3) is 2.27. The van der Waals surface area contributed by atoms with Gasteiger partial charge in [-0.25, -0.2) is 14.8 Å². The number of para-hydroxylation sites is 1. The molecule has 0 aliphatic carbocycles. The number of nitrogens with two attached hydrogens (primary N) is 1. The van der Waals surface area contributed by atoms with Gasteiger partial charge in [-0.05, 0) is 12.1 Å². The number of aromatic nitrogens is 3. The van der Waals surface area contributed by atoms with Crippen LogP contribution in [-0.4, -0.2) is 39.1 Å². The number of rotatable bonds is 3. The molecule has 0 fully saturated rings. The number of nitrogens with one attached hydrogen (secondary N) is 1. The van der Waals surface area contributed by atoms with Crippen molar-refractivity contribution in [2.24, 2.45) is 5.73 Å². The largest absolute Gasteiger partial charge is 0.465 e. The molecule has 2 heterocycles. The third-order valence-electron chi connectivity index (χ3n) is 3.09. The van der Waals surface area contributed by atoms with E-state index in [1.165, 1.54) is 18.4 Å². The van der Waals surface area contributed by atoms with Gasteiger partial charge in [-0.2, -0.15) is 0 Å². The summed E-state index contributed by atoms with van der Waals surface area (Å²) in [5.41, 5.74) is 7.27. The Balaban J connectivity index is 2.06. The molecule has 0 bridgehead atoms. The summed E-state index contributed by atoms with van der Waals surface area (Å²) in [6.45, 7) is 0. The molecule has 2 amide bonds. The maximum atomic E-state index is 11.4. The van der Waals surface area contributed by atoms with Crippen LogP contribution in [0.2, 0.25) is 0 Å². The van der Waals surface area contributed by atoms with Crippen LogP contribution in [-0.2, 0) is 0 Å². The molecule has 0 radical (unpaired) electrons. The van der Waals surface area contributed by atoms with Crippen LogP contribution >= 0.6 is 11.3 Å². The number of carbonyl (C=O) groups excluding carboxylic acids is 1. The molecule has 0 unspecified atom stereocenters. The van der Waals surface area contributed by atoms with Gasteiger partial charge in [-0.15, -0.1) is 11.3 Å². The van der Waals surface area contributed by atoms with E-state index in [-0.39, 0.29) is 0 Å². The third-order valence-corrected chi connectivity index (χ3v) is 4.00. The summed E-state index contributed by atoms with van der Waals surface area (Å²) in [6.07, 6.45) is -1.10. The quantitative estimate of drug-likeness (QED) is 0.680. The number of hydrogen-bond donors (Lipinski definition) is 3. The predicted molar refractivity (Wildman–Crippen MR) is 82.1 cm³/mol. The molecule has 3 aromatic rings. The number of benzene rings is 1. The van der Waals surface area contributed by atoms with Gasteiger partial charge in [-0.1, -0.05) is 6.07 Å². The molecular weight excluding hydrogens is 306 g/mol. The van der Waals surface area contributed by atoms with Crippen LogP contribution in [0.1, 0.15) is 10.4 Å². The summed E-state index contributed by atoms with van der Waals surface area (Å²) in [5, 5.41) is 11.0. The van der Waals surface area contributed by atoms with E-state index >= 15 is 0 Å². The second-order valence-corrected chi connectivity index (χ2v) is 5.34. The molecule has 0 aliphatic heterocycles. The molecule has 4 N–H and O–H groups in total. The van der Waals surface area contributed by atoms with Gasteiger partial charge in [0.1, 0.15) is 11.2 Å². The minimum Gasteiger partial charge on any atom is -0.465 e. The van der Waals surface area contributed by atoms with Crippen molar-refractivity contribution < 1.29 is 14.7 Å². The van der Waals surface area contributed by atoms with Crippen molar-refractivity contribution in [1.82, 2.24) is 15.0 Å². The molecule has 0 spiro atoms. The summed E-state index contributed by atoms with van der Waals surface area (Å²) >= 11 is 1.18. The first-order valence-electron chi connectivity index (χ1n) is 6.18. The Labute approximate surface area is 128 Å². The number of fused-ring (bicyclic) bond motifs is 1. The molecular formula is C13H11N5O3S. The fourth-order valence-corrected chi connectivity index (χ4v) is 2.73. The number of anilines is 1. The van der Waals surface area contributed by atoms with E-state index in [1.807, 2.05) is 0 Å². The lowest BCUT2D eigenvalue weighted by Gasteiger charge is -2.06. The Kier molecular flexibility index (Phi) is 3.26. The van der Waals surface area contributed by atoms with E-state index in [1.54, 1.807) is 23.6 Å². The highest BCUT2D eigenvalue weighted by molar-refractivity contribution is 7.14. The van der Waals surface area contributed by atoms with Gasteiger partial charge in [-0.3, -0.25) is 9.69 Å². The van der Waals surface area contributed by atoms with E-state index in [2.05, 4.69) is 15.0 Å². The van der Waals surface area contributed by atoms with E-state index in [9.17, 15) is 9.59 Å². The minimum absolute atomic E-state index is 0.318. The zero-order chi connectivity index (χ0) is 15.9. The molecule has 0 aliphatic rings. The molecule has 0 saturated carbocycles. The van der Waals surface area contributed by atoms with Gasteiger partial charge in [0, 0.05) is 12.4 Å². The van der Waals surface area contributed by atoms with E-state index < -0.39 is 12.0 Å². The lowest BCUT2D eigenvalue weighted by molar-refractivity contribution is 0.100. The molecule has 8 nitrogen and oxygen atoms in total. The van der Waals surface area contributed by atoms with Crippen LogP contribution in [0.25, 0.3) is 22.6 Å². The van der Waals surface area contributed by atoms with Gasteiger partial charge in [0.2, 0.25) is 0 Å². The Morgan fingerprint density at radius 3 is 2.82 bits per heavy atom. The van der Waals surface area contributed by atoms with Crippen molar-refractivity contribution in [1.29, 1.82) is 0 Å². The van der Waals surface area contributed by atoms with Crippen molar-refractivity contribution in [3.63, 3.8) is 0 Å². The highest BCUT2D eigenvalue weighted by atomic mass is 32.1. The maximum Gasteiger partial charge on any atom is 0.413 e. The first-order valence-corrected chi connectivity index (χ1v) is 7.06. The van der Waals surface area contributed by atoms with Crippen LogP contribution in [0, 0.1) is 0 Å². The van der Waals surface area contributed by atoms with Gasteiger partial charge < -0.3 is 15.8 Å². The smallest absolute Gasteiger partial charge is 0.413 e. The average Bonchev–Trinajstić information content (AvgIpc) is 3.11. The zero-order valence-corrected chi connectivity index (χ0v) is 12.2. The Hall–Kier alpha value is -2.94. The second kappa shape index (κ2) is 5.11. The number of imidazole rings is 1. The van der Waals surface area contributed by atoms with Crippen molar-refractivity contribution in [3.05, 3.63) is 29.1 Å². The summed E-state index contributed by atoms with van der Waals surface area (Å²) < 4.78 is 0. The molecule has 3 rings (SSSR count). The molecule has 2 aromatic heterocycles. The van der Waals surface area contributed by atoms with Crippen LogP contribution in [0.5, 0.6) is 0 Å². The average molecular weight is 317 g/mol. The monoisotopic (exact) mass is 317 g/mol. The van der Waals surface area contributed by atoms with Crippen LogP contribution in [0.4, 0.5) is 9.93 Å². The van der Waals surface area contributed by atoms with Gasteiger partial charge >= 0.3 is 6.09 Å². The number of carboxylic acid groups (broad SMARTS) is 1. The summed E-state index contributed by atoms with van der Waals surface area (Å²) in [5.74, 6) is -0.113. The number of carbonyl (C=O) groups is 2. The Bertz CT molecular complexity index is 885. The topological polar surface area (TPSA) is 125 Å². The molecule has 0 saturated heterocycles. The number of hydrogen-bond acceptors (Lipinski definition) is 5. The number of H-pyrrole nitrogens is 1. The zero-order valence-electron chi connectivity index (χ0n) is 11.4. The van der Waals surface area contributed by atoms with Gasteiger partial charge in [0.15, 0.2) is 11.0 Å². The molecule has 1 aromatic carbocycles. The first kappa shape index (κ1) is 14.0. The standard InChI is InChI=1S/C13H11N5O3S/c1-18(13(20)21)12-16-8(5-22-12)11-15-7-4-2-3-6(10(14)19)9(7)17-11/h2-5H,1H3,(H2,14,19)(H,15,17)(H,20,21). The maximum absolute atomic E-state index is 11.4. The van der Waals surface area contributed by atoms with Crippen LogP contribution < -0.4 is 10.6 Å². The van der Waals surface area contributed by atoms with E-state index in [0.29, 0.717) is 33.2 Å². The number of primary amides is 1. The van der Waals surface area contributed by atoms with Crippen LogP contribution in [0.3, 0.4) is 0 Å². The highest BCUT2D eigenvalue weighted by Gasteiger charge is 2.17. The number of amides is 2. The van der Waals surface area contributed by atoms with Crippen LogP contribution in [0.15, 0.2) is 23.6 Å². The summed E-state index contributed by atoms with van der Waals surface area (Å²) in [4.78, 5) is 35.0. The fourth-order valence-electron chi connectivity index (χ4n) is 1.96. The molecule has 22 heavy (non-hydrogen) atoms. The van der Waals surface area contributed by atoms with Crippen molar-refractivity contribution in [2.45, 2.75) is 0 Å². The number of nitrogens with zero attached hydrogens (tertiary/aromatic N) is 3. The van der Waals surface area contributed by atoms with Gasteiger partial charge in [0.25, 0.3) is 5.91 Å². The summed E-state index contributed by atoms with van der Waals surface area (Å²) in [6, 6.07) is 5.07. The molecule has 112 valence electrons. The van der Waals surface area contributed by atoms with E-state index in [4.69, 9.17) is 10.8 Å². The van der Waals surface area contributed by atoms with Crippen molar-refractivity contribution >= 4 is 39.5 Å². The first-order chi connectivity index (χ1) is 10.5. The lowest BCUT2D eigenvalue weighted by Crippen LogP contribution is -2.23. The predicted octanol–water partition coefficient (Wildman–Crippen LogP) is 1.90. The second-order valence-electron chi connectivity index (χ2n) is 4.51. The fraction of sp³-hybridized carbons (Fsp3) is 0.0769. The van der Waals surface area contributed by atoms with E-state index in [0.717, 1.165) is 4.90 Å². The Morgan fingerprint density at radius 2 is 2.14 bits per heavy atom. The van der Waals surface area contributed by atoms with Gasteiger partial charge in [0.05, 0.1) is 11.1 Å². The van der Waals surface area contributed by atoms with Crippen molar-refractivity contribution in [2.75, 3.05) is 11.9 Å². The molecule has 0 atom stereocenters. The number of thiazole rings is 1. The molecule has 9 heteroatoms. The minimum atomic E-state index is -1.10. The number of aromatic amines is 1. The SMILES string of the molecule is CN(C(=O)O)c1nc(-c2nc3c(C(N)=O)cccc3[nH]2)cs1. The van der Waals surface area contributed by atoms with Crippen molar-refractivity contribution in [3.8, 4) is 11.5 Å². The highest BCUT2D eigenvalue weighted by Crippen LogP contribution is 2.27. The normalized spacial score (nSPS) is 10.8. The Morgan fingerprint density at radius 1 is 1.36 bits per heavy atom.